The molecule has 1 aliphatic heterocycles. The Morgan fingerprint density at radius 1 is 1.40 bits per heavy atom. The number of rotatable bonds is 2. The predicted molar refractivity (Wildman–Crippen MR) is 59.1 cm³/mol. The number of nitrogens with zero attached hydrogens (tertiary/aromatic N) is 3. The summed E-state index contributed by atoms with van der Waals surface area (Å²) >= 11 is 5.78. The molecular weight excluding hydrogens is 214 g/mol. The summed E-state index contributed by atoms with van der Waals surface area (Å²) in [4.78, 5) is 10.4. The van der Waals surface area contributed by atoms with E-state index in [2.05, 4.69) is 14.9 Å². The third kappa shape index (κ3) is 2.58. The van der Waals surface area contributed by atoms with E-state index in [4.69, 9.17) is 16.7 Å². The van der Waals surface area contributed by atoms with Crippen LogP contribution < -0.4 is 4.90 Å². The van der Waals surface area contributed by atoms with E-state index in [1.54, 1.807) is 6.20 Å². The minimum atomic E-state index is 0.287. The fourth-order valence-electron chi connectivity index (χ4n) is 1.83. The first kappa shape index (κ1) is 10.6. The summed E-state index contributed by atoms with van der Waals surface area (Å²) in [5.74, 6) is 1.27. The molecule has 0 saturated carbocycles. The molecule has 0 bridgehead atoms. The number of halogens is 1. The zero-order valence-electron chi connectivity index (χ0n) is 8.43. The van der Waals surface area contributed by atoms with Crippen LogP contribution in [-0.4, -0.2) is 34.8 Å². The Hall–Kier alpha value is -0.870. The van der Waals surface area contributed by atoms with Crippen LogP contribution in [0, 0.1) is 5.92 Å². The molecule has 1 aromatic heterocycles. The fraction of sp³-hybridized carbons (Fsp3) is 0.600. The number of hydrogen-bond acceptors (Lipinski definition) is 4. The second kappa shape index (κ2) is 4.77. The van der Waals surface area contributed by atoms with E-state index in [1.807, 2.05) is 0 Å². The first-order valence-electron chi connectivity index (χ1n) is 5.13. The molecule has 5 heteroatoms. The van der Waals surface area contributed by atoms with Crippen molar-refractivity contribution in [2.45, 2.75) is 12.8 Å². The Morgan fingerprint density at radius 2 is 2.13 bits per heavy atom. The third-order valence-electron chi connectivity index (χ3n) is 2.79. The van der Waals surface area contributed by atoms with Crippen LogP contribution in [0.5, 0.6) is 0 Å². The minimum absolute atomic E-state index is 0.287. The quantitative estimate of drug-likeness (QED) is 0.829. The van der Waals surface area contributed by atoms with E-state index >= 15 is 0 Å². The first-order valence-corrected chi connectivity index (χ1v) is 5.50. The highest BCUT2D eigenvalue weighted by atomic mass is 35.5. The summed E-state index contributed by atoms with van der Waals surface area (Å²) in [5, 5.41) is 9.45. The number of hydrogen-bond donors (Lipinski definition) is 1. The van der Waals surface area contributed by atoms with Crippen molar-refractivity contribution in [2.24, 2.45) is 5.92 Å². The van der Waals surface area contributed by atoms with E-state index in [-0.39, 0.29) is 6.61 Å². The summed E-state index contributed by atoms with van der Waals surface area (Å²) in [6, 6.07) is 0. The summed E-state index contributed by atoms with van der Waals surface area (Å²) in [6.45, 7) is 2.12. The van der Waals surface area contributed by atoms with Gasteiger partial charge in [0, 0.05) is 19.7 Å². The first-order chi connectivity index (χ1) is 7.29. The molecule has 0 aromatic carbocycles. The fourth-order valence-corrected chi connectivity index (χ4v) is 1.97. The lowest BCUT2D eigenvalue weighted by Crippen LogP contribution is -2.35. The highest BCUT2D eigenvalue weighted by Crippen LogP contribution is 2.21. The number of aromatic nitrogens is 2. The average Bonchev–Trinajstić information content (AvgIpc) is 2.29. The normalized spacial score (nSPS) is 18.1. The third-order valence-corrected chi connectivity index (χ3v) is 2.97. The largest absolute Gasteiger partial charge is 0.396 e. The zero-order chi connectivity index (χ0) is 10.7. The molecule has 1 aliphatic rings. The van der Waals surface area contributed by atoms with E-state index in [1.165, 1.54) is 6.20 Å². The second-order valence-corrected chi connectivity index (χ2v) is 4.20. The van der Waals surface area contributed by atoms with Crippen LogP contribution in [0.2, 0.25) is 5.15 Å². The molecule has 15 heavy (non-hydrogen) atoms. The SMILES string of the molecule is OCC1CCN(c2cncc(Cl)n2)CC1. The van der Waals surface area contributed by atoms with Crippen molar-refractivity contribution < 1.29 is 5.11 Å². The lowest BCUT2D eigenvalue weighted by atomic mass is 9.98. The lowest BCUT2D eigenvalue weighted by Gasteiger charge is -2.31. The smallest absolute Gasteiger partial charge is 0.149 e. The molecule has 82 valence electrons. The van der Waals surface area contributed by atoms with Crippen LogP contribution in [0.25, 0.3) is 0 Å². The topological polar surface area (TPSA) is 49.2 Å². The van der Waals surface area contributed by atoms with E-state index in [9.17, 15) is 0 Å². The highest BCUT2D eigenvalue weighted by molar-refractivity contribution is 6.29. The van der Waals surface area contributed by atoms with Gasteiger partial charge in [0.15, 0.2) is 0 Å². The molecule has 0 radical (unpaired) electrons. The van der Waals surface area contributed by atoms with Crippen molar-refractivity contribution in [3.63, 3.8) is 0 Å². The molecule has 1 N–H and O–H groups in total. The maximum atomic E-state index is 9.02. The lowest BCUT2D eigenvalue weighted by molar-refractivity contribution is 0.203. The number of aliphatic hydroxyl groups is 1. The number of piperidine rings is 1. The Bertz CT molecular complexity index is 326. The van der Waals surface area contributed by atoms with Gasteiger partial charge in [-0.1, -0.05) is 11.6 Å². The van der Waals surface area contributed by atoms with E-state index in [0.717, 1.165) is 31.7 Å². The standard InChI is InChI=1S/C10H14ClN3O/c11-9-5-12-6-10(13-9)14-3-1-8(7-15)2-4-14/h5-6,8,15H,1-4,7H2. The van der Waals surface area contributed by atoms with Crippen molar-refractivity contribution in [2.75, 3.05) is 24.6 Å². The highest BCUT2D eigenvalue weighted by Gasteiger charge is 2.19. The van der Waals surface area contributed by atoms with Gasteiger partial charge in [-0.05, 0) is 18.8 Å². The van der Waals surface area contributed by atoms with Gasteiger partial charge < -0.3 is 10.0 Å². The van der Waals surface area contributed by atoms with Crippen molar-refractivity contribution in [3.05, 3.63) is 17.5 Å². The van der Waals surface area contributed by atoms with Crippen molar-refractivity contribution >= 4 is 17.4 Å². The monoisotopic (exact) mass is 227 g/mol. The average molecular weight is 228 g/mol. The summed E-state index contributed by atoms with van der Waals surface area (Å²) in [7, 11) is 0. The molecule has 2 rings (SSSR count). The Balaban J connectivity index is 2.01. The molecular formula is C10H14ClN3O. The molecule has 1 aromatic rings. The Morgan fingerprint density at radius 3 is 2.73 bits per heavy atom. The molecule has 2 heterocycles. The van der Waals surface area contributed by atoms with Gasteiger partial charge in [0.05, 0.1) is 12.4 Å². The Labute approximate surface area is 93.9 Å². The second-order valence-electron chi connectivity index (χ2n) is 3.81. The van der Waals surface area contributed by atoms with Crippen molar-refractivity contribution in [3.8, 4) is 0 Å². The number of aliphatic hydroxyl groups excluding tert-OH is 1. The summed E-state index contributed by atoms with van der Waals surface area (Å²) < 4.78 is 0. The van der Waals surface area contributed by atoms with Crippen LogP contribution in [0.4, 0.5) is 5.82 Å². The number of anilines is 1. The molecule has 0 aliphatic carbocycles. The van der Waals surface area contributed by atoms with Gasteiger partial charge in [-0.3, -0.25) is 4.98 Å². The minimum Gasteiger partial charge on any atom is -0.396 e. The molecule has 0 amide bonds. The maximum Gasteiger partial charge on any atom is 0.149 e. The van der Waals surface area contributed by atoms with Crippen molar-refractivity contribution in [1.29, 1.82) is 0 Å². The molecule has 0 unspecified atom stereocenters. The van der Waals surface area contributed by atoms with Gasteiger partial charge in [-0.15, -0.1) is 0 Å². The summed E-state index contributed by atoms with van der Waals surface area (Å²) in [5.41, 5.74) is 0. The van der Waals surface area contributed by atoms with Gasteiger partial charge in [0.2, 0.25) is 0 Å². The predicted octanol–water partition coefficient (Wildman–Crippen LogP) is 1.34. The van der Waals surface area contributed by atoms with Gasteiger partial charge in [0.1, 0.15) is 11.0 Å². The van der Waals surface area contributed by atoms with Crippen LogP contribution in [-0.2, 0) is 0 Å². The van der Waals surface area contributed by atoms with Crippen LogP contribution >= 0.6 is 11.6 Å². The van der Waals surface area contributed by atoms with Crippen LogP contribution in [0.15, 0.2) is 12.4 Å². The molecule has 4 nitrogen and oxygen atoms in total. The van der Waals surface area contributed by atoms with Gasteiger partial charge in [-0.25, -0.2) is 4.98 Å². The maximum absolute atomic E-state index is 9.02. The van der Waals surface area contributed by atoms with Gasteiger partial charge >= 0.3 is 0 Å². The molecule has 1 saturated heterocycles. The van der Waals surface area contributed by atoms with Crippen molar-refractivity contribution in [1.82, 2.24) is 9.97 Å². The van der Waals surface area contributed by atoms with E-state index < -0.39 is 0 Å². The zero-order valence-corrected chi connectivity index (χ0v) is 9.19. The summed E-state index contributed by atoms with van der Waals surface area (Å²) in [6.07, 6.45) is 5.27. The van der Waals surface area contributed by atoms with Crippen LogP contribution in [0.3, 0.4) is 0 Å². The van der Waals surface area contributed by atoms with Gasteiger partial charge in [-0.2, -0.15) is 0 Å². The Kier molecular flexibility index (Phi) is 3.38. The van der Waals surface area contributed by atoms with E-state index in [0.29, 0.717) is 11.1 Å². The molecule has 0 spiro atoms. The molecule has 0 atom stereocenters. The molecule has 1 fully saturated rings. The van der Waals surface area contributed by atoms with Crippen LogP contribution in [0.1, 0.15) is 12.8 Å². The van der Waals surface area contributed by atoms with Gasteiger partial charge in [0.25, 0.3) is 0 Å².